The van der Waals surface area contributed by atoms with Crippen molar-refractivity contribution in [2.24, 2.45) is 0 Å². The summed E-state index contributed by atoms with van der Waals surface area (Å²) < 4.78 is 12.5. The summed E-state index contributed by atoms with van der Waals surface area (Å²) >= 11 is 0. The Kier molecular flexibility index (Phi) is 15.2. The molecular weight excluding hydrogens is 1120 g/mol. The lowest BCUT2D eigenvalue weighted by molar-refractivity contribution is 0.00578. The summed E-state index contributed by atoms with van der Waals surface area (Å²) in [5.41, 5.74) is 15.3. The van der Waals surface area contributed by atoms with Crippen LogP contribution in [-0.4, -0.2) is 18.3 Å². The molecule has 15 aromatic carbocycles. The van der Waals surface area contributed by atoms with E-state index in [0.29, 0.717) is 0 Å². The first-order valence-electron chi connectivity index (χ1n) is 31.7. The predicted molar refractivity (Wildman–Crippen MR) is 391 cm³/mol. The molecule has 0 N–H and O–H groups in total. The maximum absolute atomic E-state index is 6.24. The van der Waals surface area contributed by atoms with Crippen molar-refractivity contribution in [3.8, 4) is 22.3 Å². The number of para-hydroxylation sites is 3. The number of rotatable bonds is 12. The van der Waals surface area contributed by atoms with Crippen LogP contribution in [0.1, 0.15) is 27.7 Å². The third-order valence-electron chi connectivity index (χ3n) is 18.5. The summed E-state index contributed by atoms with van der Waals surface area (Å²) in [5, 5.41) is 12.3. The molecule has 1 aliphatic rings. The Labute approximate surface area is 539 Å². The van der Waals surface area contributed by atoms with E-state index in [1.165, 1.54) is 76.1 Å². The Morgan fingerprint density at radius 2 is 0.511 bits per heavy atom. The van der Waals surface area contributed by atoms with Gasteiger partial charge in [0.05, 0.1) is 28.3 Å². The number of nitrogens with zero attached hydrogens (tertiary/aromatic N) is 3. The zero-order valence-electron chi connectivity index (χ0n) is 52.1. The second-order valence-electron chi connectivity index (χ2n) is 24.8. The van der Waals surface area contributed by atoms with Gasteiger partial charge in [-0.25, -0.2) is 0 Å². The highest BCUT2D eigenvalue weighted by Gasteiger charge is 2.51. The van der Waals surface area contributed by atoms with E-state index in [1.54, 1.807) is 0 Å². The van der Waals surface area contributed by atoms with Gasteiger partial charge in [0.25, 0.3) is 0 Å². The van der Waals surface area contributed by atoms with Crippen LogP contribution >= 0.6 is 0 Å². The minimum absolute atomic E-state index is 0.352. The van der Waals surface area contributed by atoms with Gasteiger partial charge < -0.3 is 24.0 Å². The zero-order valence-corrected chi connectivity index (χ0v) is 52.1. The number of benzene rings is 15. The van der Waals surface area contributed by atoms with Crippen LogP contribution in [0.5, 0.6) is 0 Å². The molecule has 1 heterocycles. The summed E-state index contributed by atoms with van der Waals surface area (Å²) in [5.74, 6) is 0. The highest BCUT2D eigenvalue weighted by molar-refractivity contribution is 6.62. The van der Waals surface area contributed by atoms with Crippen molar-refractivity contribution in [3.05, 3.63) is 340 Å². The molecule has 0 saturated carbocycles. The summed E-state index contributed by atoms with van der Waals surface area (Å²) in [6.45, 7) is 8.33. The maximum Gasteiger partial charge on any atom is 0.494 e. The fourth-order valence-corrected chi connectivity index (χ4v) is 12.9. The molecule has 92 heavy (non-hydrogen) atoms. The van der Waals surface area contributed by atoms with Crippen molar-refractivity contribution < 1.29 is 9.31 Å². The van der Waals surface area contributed by atoms with Gasteiger partial charge in [0.2, 0.25) is 0 Å². The van der Waals surface area contributed by atoms with Crippen molar-refractivity contribution in [3.63, 3.8) is 0 Å². The Balaban J connectivity index is 0.000000185. The second kappa shape index (κ2) is 24.4. The van der Waals surface area contributed by atoms with Crippen LogP contribution in [0.4, 0.5) is 51.2 Å². The van der Waals surface area contributed by atoms with Crippen LogP contribution in [0.15, 0.2) is 340 Å². The lowest BCUT2D eigenvalue weighted by atomic mass is 9.79. The molecule has 442 valence electrons. The van der Waals surface area contributed by atoms with Crippen molar-refractivity contribution in [2.75, 3.05) is 14.7 Å². The molecule has 1 aliphatic heterocycles. The van der Waals surface area contributed by atoms with Gasteiger partial charge >= 0.3 is 7.12 Å². The van der Waals surface area contributed by atoms with Crippen LogP contribution in [0, 0.1) is 0 Å². The molecule has 0 bridgehead atoms. The number of hydrogen-bond acceptors (Lipinski definition) is 5. The van der Waals surface area contributed by atoms with Gasteiger partial charge in [0, 0.05) is 50.3 Å². The first kappa shape index (κ1) is 57.4. The van der Waals surface area contributed by atoms with E-state index in [4.69, 9.17) is 9.31 Å². The molecule has 0 amide bonds. The van der Waals surface area contributed by atoms with Gasteiger partial charge in [-0.2, -0.15) is 0 Å². The van der Waals surface area contributed by atoms with E-state index in [1.807, 2.05) is 6.07 Å². The van der Waals surface area contributed by atoms with Gasteiger partial charge in [0.15, 0.2) is 0 Å². The van der Waals surface area contributed by atoms with Crippen LogP contribution in [-0.2, 0) is 9.31 Å². The number of fused-ring (bicyclic) bond motifs is 5. The molecular formula is C86H68BN3O2. The first-order valence-corrected chi connectivity index (χ1v) is 31.7. The van der Waals surface area contributed by atoms with Gasteiger partial charge in [-0.15, -0.1) is 0 Å². The van der Waals surface area contributed by atoms with Crippen LogP contribution < -0.4 is 20.2 Å². The van der Waals surface area contributed by atoms with Crippen LogP contribution in [0.2, 0.25) is 0 Å². The molecule has 6 heteroatoms. The monoisotopic (exact) mass is 1190 g/mol. The highest BCUT2D eigenvalue weighted by Crippen LogP contribution is 2.44. The minimum Gasteiger partial charge on any atom is -0.399 e. The normalized spacial score (nSPS) is 13.3. The van der Waals surface area contributed by atoms with Crippen molar-refractivity contribution in [2.45, 2.75) is 38.9 Å². The standard InChI is InChI=1S/C58H40N2.C28H28BNO2/c1-3-17-51(18-4-1)59(57-23-11-15-43-13-7-9-21-55(43)57)53-33-29-41(30-34-53)45-25-27-47-40-50-38-46(26-28-48(50)39-49(47)37-45)42-31-35-54(36-32-42)60(52-19-5-2-6-20-52)58-24-12-16-44-14-8-10-22-56(44)58;1-27(2)28(3,4)32-29(31-27)22-17-19-24(20-18-22)30(23-13-6-5-7-14-23)26-16-10-12-21-11-8-9-15-25(21)26/h1-40H;5-20H,1-4H3. The number of hydrogen-bond donors (Lipinski definition) is 0. The maximum atomic E-state index is 6.24. The quantitative estimate of drug-likeness (QED) is 0.0898. The van der Waals surface area contributed by atoms with Gasteiger partial charge in [0.1, 0.15) is 0 Å². The molecule has 0 atom stereocenters. The molecule has 0 aromatic heterocycles. The molecule has 0 aliphatic carbocycles. The van der Waals surface area contributed by atoms with Gasteiger partial charge in [-0.1, -0.05) is 224 Å². The highest BCUT2D eigenvalue weighted by atomic mass is 16.7. The molecule has 0 unspecified atom stereocenters. The fraction of sp³-hybridized carbons (Fsp3) is 0.0698. The Morgan fingerprint density at radius 1 is 0.228 bits per heavy atom. The lowest BCUT2D eigenvalue weighted by Crippen LogP contribution is -2.41. The summed E-state index contributed by atoms with van der Waals surface area (Å²) in [4.78, 5) is 7.01. The topological polar surface area (TPSA) is 28.2 Å². The third-order valence-corrected chi connectivity index (χ3v) is 18.5. The average Bonchev–Trinajstić information content (AvgIpc) is 1.44. The van der Waals surface area contributed by atoms with Crippen molar-refractivity contribution in [1.82, 2.24) is 0 Å². The fourth-order valence-electron chi connectivity index (χ4n) is 12.9. The van der Waals surface area contributed by atoms with Gasteiger partial charge in [-0.05, 0) is 208 Å². The summed E-state index contributed by atoms with van der Waals surface area (Å²) in [7, 11) is -0.364. The SMILES string of the molecule is CC1(C)OB(c2ccc(N(c3ccccc3)c3cccc4ccccc34)cc2)OC1(C)C.c1ccc(N(c2ccc(-c3ccc4cc5cc(-c6ccc(N(c7ccccc7)c7cccc8ccccc78)cc6)ccc5cc4c3)cc2)c2cccc3ccccc23)cc1. The predicted octanol–water partition coefficient (Wildman–Crippen LogP) is 23.2. The largest absolute Gasteiger partial charge is 0.494 e. The van der Waals surface area contributed by atoms with Crippen molar-refractivity contribution in [1.29, 1.82) is 0 Å². The second-order valence-corrected chi connectivity index (χ2v) is 24.8. The zero-order chi connectivity index (χ0) is 62.2. The van der Waals surface area contributed by atoms with Crippen molar-refractivity contribution >= 4 is 118 Å². The molecule has 5 nitrogen and oxygen atoms in total. The summed E-state index contributed by atoms with van der Waals surface area (Å²) in [6.07, 6.45) is 0. The number of anilines is 9. The van der Waals surface area contributed by atoms with Crippen LogP contribution in [0.25, 0.3) is 76.1 Å². The van der Waals surface area contributed by atoms with E-state index in [0.717, 1.165) is 56.6 Å². The van der Waals surface area contributed by atoms with Crippen LogP contribution in [0.3, 0.4) is 0 Å². The minimum atomic E-state index is -0.364. The summed E-state index contributed by atoms with van der Waals surface area (Å²) in [6, 6.07) is 122. The van der Waals surface area contributed by atoms with E-state index in [2.05, 4.69) is 376 Å². The molecule has 1 saturated heterocycles. The molecule has 16 rings (SSSR count). The first-order chi connectivity index (χ1) is 45.1. The van der Waals surface area contributed by atoms with E-state index < -0.39 is 0 Å². The van der Waals surface area contributed by atoms with E-state index in [9.17, 15) is 0 Å². The lowest BCUT2D eigenvalue weighted by Gasteiger charge is -2.32. The smallest absolute Gasteiger partial charge is 0.399 e. The molecule has 1 fully saturated rings. The Bertz CT molecular complexity index is 4860. The Morgan fingerprint density at radius 3 is 0.859 bits per heavy atom. The van der Waals surface area contributed by atoms with E-state index >= 15 is 0 Å². The average molecular weight is 1190 g/mol. The third kappa shape index (κ3) is 11.2. The van der Waals surface area contributed by atoms with Gasteiger partial charge in [-0.3, -0.25) is 0 Å². The van der Waals surface area contributed by atoms with E-state index in [-0.39, 0.29) is 18.3 Å². The molecule has 0 spiro atoms. The molecule has 15 aromatic rings. The Hall–Kier alpha value is -11.0. The molecule has 0 radical (unpaired) electrons.